The van der Waals surface area contributed by atoms with E-state index in [1.54, 1.807) is 11.1 Å². The number of thiophene rings is 1. The Bertz CT molecular complexity index is 1560. The number of carbonyl (C=O) groups is 1. The summed E-state index contributed by atoms with van der Waals surface area (Å²) in [7, 11) is -3.29. The van der Waals surface area contributed by atoms with E-state index >= 15 is 0 Å². The molecule has 1 N–H and O–H groups in total. The van der Waals surface area contributed by atoms with Gasteiger partial charge < -0.3 is 14.5 Å². The number of hydrogen-bond acceptors (Lipinski definition) is 9. The number of aromatic nitrogens is 4. The molecule has 2 saturated heterocycles. The minimum Gasteiger partial charge on any atom is -0.378 e. The van der Waals surface area contributed by atoms with Gasteiger partial charge >= 0.3 is 0 Å². The van der Waals surface area contributed by atoms with Gasteiger partial charge in [0.15, 0.2) is 11.6 Å². The maximum absolute atomic E-state index is 13.4. The molecule has 1 amide bonds. The highest BCUT2D eigenvalue weighted by atomic mass is 127. The van der Waals surface area contributed by atoms with Gasteiger partial charge in [-0.25, -0.2) is 18.4 Å². The summed E-state index contributed by atoms with van der Waals surface area (Å²) >= 11 is 2.82. The van der Waals surface area contributed by atoms with Crippen molar-refractivity contribution in [2.45, 2.75) is 0 Å². The average molecular weight is 640 g/mol. The van der Waals surface area contributed by atoms with Gasteiger partial charge in [-0.2, -0.15) is 9.40 Å². The predicted octanol–water partition coefficient (Wildman–Crippen LogP) is 2.51. The molecule has 0 radical (unpaired) electrons. The molecule has 1 aromatic carbocycles. The summed E-state index contributed by atoms with van der Waals surface area (Å²) in [5.74, 6) is 1.26. The van der Waals surface area contributed by atoms with Gasteiger partial charge in [-0.3, -0.25) is 9.89 Å². The van der Waals surface area contributed by atoms with Crippen molar-refractivity contribution in [3.05, 3.63) is 35.3 Å². The van der Waals surface area contributed by atoms with E-state index in [4.69, 9.17) is 14.7 Å². The summed E-state index contributed by atoms with van der Waals surface area (Å²) in [4.78, 5) is 27.7. The van der Waals surface area contributed by atoms with Crippen LogP contribution in [0.4, 0.5) is 5.82 Å². The number of carbonyl (C=O) groups excluding carboxylic acids is 1. The second-order valence-electron chi connectivity index (χ2n) is 8.57. The van der Waals surface area contributed by atoms with E-state index in [2.05, 4.69) is 15.1 Å². The summed E-state index contributed by atoms with van der Waals surface area (Å²) < 4.78 is 31.5. The number of anilines is 1. The molecular formula is C22H22IN7O4S2. The number of nitrogens with one attached hydrogen (secondary N) is 1. The fourth-order valence-electron chi connectivity index (χ4n) is 4.56. The summed E-state index contributed by atoms with van der Waals surface area (Å²) in [5, 5.41) is 8.08. The zero-order chi connectivity index (χ0) is 24.9. The van der Waals surface area contributed by atoms with E-state index in [0.717, 1.165) is 27.0 Å². The van der Waals surface area contributed by atoms with Crippen LogP contribution in [0.2, 0.25) is 0 Å². The Morgan fingerprint density at radius 3 is 2.61 bits per heavy atom. The Morgan fingerprint density at radius 2 is 1.86 bits per heavy atom. The first-order chi connectivity index (χ1) is 17.4. The molecule has 14 heteroatoms. The summed E-state index contributed by atoms with van der Waals surface area (Å²) in [6.45, 7) is 3.92. The maximum Gasteiger partial charge on any atom is 0.267 e. The third-order valence-corrected chi connectivity index (χ3v) is 10.2. The molecule has 0 atom stereocenters. The van der Waals surface area contributed by atoms with Crippen LogP contribution in [-0.4, -0.2) is 96.2 Å². The van der Waals surface area contributed by atoms with Crippen LogP contribution in [0.5, 0.6) is 0 Å². The number of benzene rings is 1. The first-order valence-corrected chi connectivity index (χ1v) is 16.2. The smallest absolute Gasteiger partial charge is 0.267 e. The number of fused-ring (bicyclic) bond motifs is 2. The van der Waals surface area contributed by atoms with E-state index in [-0.39, 0.29) is 5.91 Å². The van der Waals surface area contributed by atoms with Gasteiger partial charge in [-0.15, -0.1) is 11.3 Å². The highest BCUT2D eigenvalue weighted by Gasteiger charge is 2.29. The van der Waals surface area contributed by atoms with E-state index in [0.29, 0.717) is 68.7 Å². The lowest BCUT2D eigenvalue weighted by Gasteiger charge is -2.32. The van der Waals surface area contributed by atoms with E-state index in [1.807, 2.05) is 24.3 Å². The summed E-state index contributed by atoms with van der Waals surface area (Å²) in [6, 6.07) is 7.70. The summed E-state index contributed by atoms with van der Waals surface area (Å²) in [6.07, 6.45) is 1.77. The zero-order valence-corrected chi connectivity index (χ0v) is 22.8. The molecular weight excluding hydrogens is 617 g/mol. The molecule has 0 saturated carbocycles. The van der Waals surface area contributed by atoms with Gasteiger partial charge in [0.25, 0.3) is 13.1 Å². The van der Waals surface area contributed by atoms with Crippen LogP contribution in [0.25, 0.3) is 32.5 Å². The van der Waals surface area contributed by atoms with Gasteiger partial charge in [0.05, 0.1) is 61.2 Å². The second kappa shape index (κ2) is 9.48. The Kier molecular flexibility index (Phi) is 6.31. The molecule has 2 fully saturated rings. The maximum atomic E-state index is 13.4. The lowest BCUT2D eigenvalue weighted by atomic mass is 10.1. The number of rotatable bonds is 4. The van der Waals surface area contributed by atoms with Crippen LogP contribution in [0.3, 0.4) is 0 Å². The highest BCUT2D eigenvalue weighted by Crippen LogP contribution is 2.36. The average Bonchev–Trinajstić information content (AvgIpc) is 3.55. The largest absolute Gasteiger partial charge is 0.378 e. The van der Waals surface area contributed by atoms with E-state index < -0.39 is 7.19 Å². The topological polar surface area (TPSA) is 125 Å². The van der Waals surface area contributed by atoms with Crippen LogP contribution in [0, 0.1) is 0 Å². The number of morpholine rings is 1. The standard InChI is InChI=1S/C22H22IN7O4S2/c23-36(32,33)30-6-4-29(5-7-30)22(31)18-12-17-19(35-18)21(28-8-10-34-11-9-28)26-20(25-17)14-2-1-3-16-15(14)13-24-27-16/h1-3,12-13H,4-11H2,(H,24,27). The number of halogens is 1. The molecule has 3 aromatic heterocycles. The monoisotopic (exact) mass is 639 g/mol. The lowest BCUT2D eigenvalue weighted by Crippen LogP contribution is -2.49. The van der Waals surface area contributed by atoms with E-state index in [1.165, 1.54) is 36.8 Å². The van der Waals surface area contributed by atoms with Crippen LogP contribution < -0.4 is 4.90 Å². The third kappa shape index (κ3) is 4.44. The van der Waals surface area contributed by atoms with Crippen molar-refractivity contribution in [2.75, 3.05) is 57.4 Å². The normalized spacial score (nSPS) is 17.8. The quantitative estimate of drug-likeness (QED) is 0.267. The molecule has 0 aliphatic carbocycles. The second-order valence-corrected chi connectivity index (χ2v) is 14.3. The molecule has 11 nitrogen and oxygen atoms in total. The van der Waals surface area contributed by atoms with Crippen molar-refractivity contribution >= 4 is 72.6 Å². The van der Waals surface area contributed by atoms with Gasteiger partial charge in [0.2, 0.25) is 0 Å². The highest BCUT2D eigenvalue weighted by molar-refractivity contribution is 14.2. The fourth-order valence-corrected chi connectivity index (χ4v) is 7.42. The number of H-pyrrole nitrogens is 1. The molecule has 188 valence electrons. The molecule has 6 rings (SSSR count). The zero-order valence-electron chi connectivity index (χ0n) is 19.1. The van der Waals surface area contributed by atoms with Gasteiger partial charge in [0.1, 0.15) is 0 Å². The molecule has 0 spiro atoms. The van der Waals surface area contributed by atoms with Crippen molar-refractivity contribution < 1.29 is 17.9 Å². The Balaban J connectivity index is 1.39. The number of nitrogens with zero attached hydrogens (tertiary/aromatic N) is 6. The molecule has 0 unspecified atom stereocenters. The van der Waals surface area contributed by atoms with Crippen molar-refractivity contribution in [3.63, 3.8) is 0 Å². The van der Waals surface area contributed by atoms with Crippen molar-refractivity contribution in [3.8, 4) is 11.4 Å². The van der Waals surface area contributed by atoms with Crippen molar-refractivity contribution in [2.24, 2.45) is 0 Å². The van der Waals surface area contributed by atoms with E-state index in [9.17, 15) is 13.2 Å². The number of aromatic amines is 1. The van der Waals surface area contributed by atoms with Crippen molar-refractivity contribution in [1.82, 2.24) is 29.4 Å². The molecule has 2 aliphatic rings. The van der Waals surface area contributed by atoms with Crippen LogP contribution in [0.15, 0.2) is 30.5 Å². The van der Waals surface area contributed by atoms with Gasteiger partial charge in [0, 0.05) is 50.2 Å². The Hall–Kier alpha value is -2.40. The lowest BCUT2D eigenvalue weighted by molar-refractivity contribution is 0.0704. The predicted molar refractivity (Wildman–Crippen MR) is 146 cm³/mol. The first-order valence-electron chi connectivity index (χ1n) is 11.4. The minimum atomic E-state index is -3.29. The van der Waals surface area contributed by atoms with Crippen LogP contribution in [-0.2, 0) is 11.9 Å². The number of ether oxygens (including phenoxy) is 1. The molecule has 2 aliphatic heterocycles. The fraction of sp³-hybridized carbons (Fsp3) is 0.364. The van der Waals surface area contributed by atoms with Crippen molar-refractivity contribution in [1.29, 1.82) is 0 Å². The number of amides is 1. The van der Waals surface area contributed by atoms with Crippen LogP contribution >= 0.6 is 32.5 Å². The molecule has 0 bridgehead atoms. The van der Waals surface area contributed by atoms with Gasteiger partial charge in [-0.05, 0) is 12.1 Å². The summed E-state index contributed by atoms with van der Waals surface area (Å²) in [5.41, 5.74) is 2.48. The number of hydrogen-bond donors (Lipinski definition) is 1. The minimum absolute atomic E-state index is 0.116. The Morgan fingerprint density at radius 1 is 1.08 bits per heavy atom. The SMILES string of the molecule is O=C(c1cc2nc(-c3cccc4[nH]ncc34)nc(N3CCOCC3)c2s1)N1CCN(S(=O)(=O)I)CC1. The molecule has 5 heterocycles. The molecule has 36 heavy (non-hydrogen) atoms. The number of piperazine rings is 1. The van der Waals surface area contributed by atoms with Gasteiger partial charge in [-0.1, -0.05) is 12.1 Å². The van der Waals surface area contributed by atoms with Crippen LogP contribution in [0.1, 0.15) is 9.67 Å². The first kappa shape index (κ1) is 24.0. The molecule has 4 aromatic rings. The third-order valence-electron chi connectivity index (χ3n) is 6.44. The Labute approximate surface area is 223 Å².